The summed E-state index contributed by atoms with van der Waals surface area (Å²) in [5.41, 5.74) is 2.00. The van der Waals surface area contributed by atoms with E-state index in [0.717, 1.165) is 22.2 Å². The molecule has 2 heterocycles. The normalized spacial score (nSPS) is 10.4. The Morgan fingerprint density at radius 3 is 2.70 bits per heavy atom. The van der Waals surface area contributed by atoms with Gasteiger partial charge in [-0.15, -0.1) is 0 Å². The molecule has 0 fully saturated rings. The predicted octanol–water partition coefficient (Wildman–Crippen LogP) is 3.19. The van der Waals surface area contributed by atoms with Crippen molar-refractivity contribution in [3.05, 3.63) is 66.2 Å². The molecule has 1 amide bonds. The zero-order valence-electron chi connectivity index (χ0n) is 11.0. The molecule has 0 bridgehead atoms. The highest BCUT2D eigenvalue weighted by atomic mass is 16.1. The number of nitrogens with zero attached hydrogens (tertiary/aromatic N) is 2. The average molecular weight is 263 g/mol. The number of amides is 1. The van der Waals surface area contributed by atoms with Gasteiger partial charge in [-0.25, -0.2) is 0 Å². The molecule has 1 aromatic carbocycles. The van der Waals surface area contributed by atoms with Crippen LogP contribution in [-0.2, 0) is 0 Å². The Hall–Kier alpha value is -2.75. The number of aryl methyl sites for hydroxylation is 1. The molecule has 4 nitrogen and oxygen atoms in total. The lowest BCUT2D eigenvalue weighted by molar-refractivity contribution is 0.102. The quantitative estimate of drug-likeness (QED) is 0.772. The van der Waals surface area contributed by atoms with Gasteiger partial charge in [0.15, 0.2) is 0 Å². The Kier molecular flexibility index (Phi) is 3.13. The number of hydrogen-bond acceptors (Lipinski definition) is 3. The first-order valence-electron chi connectivity index (χ1n) is 6.32. The highest BCUT2D eigenvalue weighted by molar-refractivity contribution is 6.11. The van der Waals surface area contributed by atoms with Crippen LogP contribution in [0.4, 0.5) is 5.69 Å². The van der Waals surface area contributed by atoms with Crippen molar-refractivity contribution in [3.63, 3.8) is 0 Å². The first kappa shape index (κ1) is 12.3. The number of aromatic nitrogens is 2. The molecule has 20 heavy (non-hydrogen) atoms. The van der Waals surface area contributed by atoms with Crippen molar-refractivity contribution in [1.82, 2.24) is 9.97 Å². The largest absolute Gasteiger partial charge is 0.321 e. The number of benzene rings is 1. The number of hydrogen-bond donors (Lipinski definition) is 1. The van der Waals surface area contributed by atoms with Crippen LogP contribution in [0, 0.1) is 6.92 Å². The Bertz CT molecular complexity index is 778. The monoisotopic (exact) mass is 263 g/mol. The molecule has 3 rings (SSSR count). The molecule has 0 aliphatic carbocycles. The van der Waals surface area contributed by atoms with Gasteiger partial charge in [0.1, 0.15) is 5.69 Å². The highest BCUT2D eigenvalue weighted by Gasteiger charge is 2.11. The van der Waals surface area contributed by atoms with E-state index in [-0.39, 0.29) is 5.91 Å². The van der Waals surface area contributed by atoms with Gasteiger partial charge < -0.3 is 5.32 Å². The van der Waals surface area contributed by atoms with Gasteiger partial charge in [0, 0.05) is 29.2 Å². The van der Waals surface area contributed by atoms with Crippen LogP contribution in [0.15, 0.2) is 54.9 Å². The third kappa shape index (κ3) is 2.36. The van der Waals surface area contributed by atoms with Crippen molar-refractivity contribution < 1.29 is 4.79 Å². The number of carbonyl (C=O) groups is 1. The van der Waals surface area contributed by atoms with E-state index in [1.807, 2.05) is 43.3 Å². The molecular formula is C16H13N3O. The summed E-state index contributed by atoms with van der Waals surface area (Å²) in [6.07, 6.45) is 3.32. The second kappa shape index (κ2) is 5.09. The van der Waals surface area contributed by atoms with Crippen LogP contribution in [-0.4, -0.2) is 15.9 Å². The number of fused-ring (bicyclic) bond motifs is 1. The molecule has 4 heteroatoms. The SMILES string of the molecule is Cc1cc(NC(=O)c2nccc3ccccc23)ccn1. The molecule has 0 atom stereocenters. The maximum atomic E-state index is 12.3. The van der Waals surface area contributed by atoms with Crippen molar-refractivity contribution in [2.24, 2.45) is 0 Å². The molecule has 1 N–H and O–H groups in total. The summed E-state index contributed by atoms with van der Waals surface area (Å²) in [6, 6.07) is 13.2. The zero-order valence-corrected chi connectivity index (χ0v) is 11.0. The fourth-order valence-electron chi connectivity index (χ4n) is 2.11. The molecule has 0 unspecified atom stereocenters. The molecule has 0 spiro atoms. The molecule has 0 saturated carbocycles. The van der Waals surface area contributed by atoms with Crippen molar-refractivity contribution >= 4 is 22.4 Å². The lowest BCUT2D eigenvalue weighted by atomic mass is 10.1. The van der Waals surface area contributed by atoms with Crippen LogP contribution in [0.5, 0.6) is 0 Å². The summed E-state index contributed by atoms with van der Waals surface area (Å²) in [7, 11) is 0. The van der Waals surface area contributed by atoms with Crippen molar-refractivity contribution in [3.8, 4) is 0 Å². The maximum absolute atomic E-state index is 12.3. The molecule has 0 radical (unpaired) electrons. The molecule has 0 saturated heterocycles. The van der Waals surface area contributed by atoms with Gasteiger partial charge in [0.05, 0.1) is 0 Å². The van der Waals surface area contributed by atoms with Crippen LogP contribution >= 0.6 is 0 Å². The van der Waals surface area contributed by atoms with Gasteiger partial charge in [0.25, 0.3) is 5.91 Å². The summed E-state index contributed by atoms with van der Waals surface area (Å²) < 4.78 is 0. The van der Waals surface area contributed by atoms with Gasteiger partial charge in [-0.2, -0.15) is 0 Å². The van der Waals surface area contributed by atoms with Crippen LogP contribution < -0.4 is 5.32 Å². The number of carbonyl (C=O) groups excluding carboxylic acids is 1. The van der Waals surface area contributed by atoms with Crippen molar-refractivity contribution in [2.45, 2.75) is 6.92 Å². The summed E-state index contributed by atoms with van der Waals surface area (Å²) >= 11 is 0. The zero-order chi connectivity index (χ0) is 13.9. The van der Waals surface area contributed by atoms with E-state index in [1.54, 1.807) is 18.5 Å². The Balaban J connectivity index is 1.97. The number of pyridine rings is 2. The maximum Gasteiger partial charge on any atom is 0.274 e. The van der Waals surface area contributed by atoms with Crippen LogP contribution in [0.1, 0.15) is 16.2 Å². The standard InChI is InChI=1S/C16H13N3O/c1-11-10-13(7-9-17-11)19-16(20)15-14-5-3-2-4-12(14)6-8-18-15/h2-10H,1H3,(H,17,19,20). The number of anilines is 1. The van der Waals surface area contributed by atoms with E-state index in [2.05, 4.69) is 15.3 Å². The predicted molar refractivity (Wildman–Crippen MR) is 78.7 cm³/mol. The Morgan fingerprint density at radius 1 is 1.05 bits per heavy atom. The van der Waals surface area contributed by atoms with Crippen molar-refractivity contribution in [2.75, 3.05) is 5.32 Å². The Morgan fingerprint density at radius 2 is 1.85 bits per heavy atom. The van der Waals surface area contributed by atoms with Crippen molar-refractivity contribution in [1.29, 1.82) is 0 Å². The first-order chi connectivity index (χ1) is 9.74. The molecule has 0 aliphatic heterocycles. The van der Waals surface area contributed by atoms with Gasteiger partial charge in [-0.05, 0) is 30.5 Å². The smallest absolute Gasteiger partial charge is 0.274 e. The molecule has 2 aromatic heterocycles. The minimum absolute atomic E-state index is 0.215. The lowest BCUT2D eigenvalue weighted by Gasteiger charge is -2.07. The molecule has 98 valence electrons. The van der Waals surface area contributed by atoms with E-state index in [4.69, 9.17) is 0 Å². The van der Waals surface area contributed by atoms with E-state index in [0.29, 0.717) is 5.69 Å². The minimum Gasteiger partial charge on any atom is -0.321 e. The third-order valence-corrected chi connectivity index (χ3v) is 3.04. The van der Waals surface area contributed by atoms with E-state index >= 15 is 0 Å². The number of rotatable bonds is 2. The van der Waals surface area contributed by atoms with E-state index in [9.17, 15) is 4.79 Å². The summed E-state index contributed by atoms with van der Waals surface area (Å²) in [6.45, 7) is 1.88. The van der Waals surface area contributed by atoms with Crippen LogP contribution in [0.2, 0.25) is 0 Å². The first-order valence-corrected chi connectivity index (χ1v) is 6.32. The topological polar surface area (TPSA) is 54.9 Å². The average Bonchev–Trinajstić information content (AvgIpc) is 2.46. The van der Waals surface area contributed by atoms with Gasteiger partial charge in [-0.1, -0.05) is 24.3 Å². The van der Waals surface area contributed by atoms with Gasteiger partial charge in [0.2, 0.25) is 0 Å². The lowest BCUT2D eigenvalue weighted by Crippen LogP contribution is -2.14. The Labute approximate surface area is 116 Å². The summed E-state index contributed by atoms with van der Waals surface area (Å²) in [5.74, 6) is -0.215. The second-order valence-electron chi connectivity index (χ2n) is 4.52. The fraction of sp³-hybridized carbons (Fsp3) is 0.0625. The summed E-state index contributed by atoms with van der Waals surface area (Å²) in [4.78, 5) is 20.6. The van der Waals surface area contributed by atoms with Crippen LogP contribution in [0.25, 0.3) is 10.8 Å². The molecular weight excluding hydrogens is 250 g/mol. The van der Waals surface area contributed by atoms with Crippen LogP contribution in [0.3, 0.4) is 0 Å². The minimum atomic E-state index is -0.215. The number of nitrogens with one attached hydrogen (secondary N) is 1. The third-order valence-electron chi connectivity index (χ3n) is 3.04. The van der Waals surface area contributed by atoms with E-state index in [1.165, 1.54) is 0 Å². The van der Waals surface area contributed by atoms with E-state index < -0.39 is 0 Å². The molecule has 0 aliphatic rings. The van der Waals surface area contributed by atoms with Gasteiger partial charge >= 0.3 is 0 Å². The highest BCUT2D eigenvalue weighted by Crippen LogP contribution is 2.17. The fourth-order valence-corrected chi connectivity index (χ4v) is 2.11. The summed E-state index contributed by atoms with van der Waals surface area (Å²) in [5, 5.41) is 4.69. The van der Waals surface area contributed by atoms with Gasteiger partial charge in [-0.3, -0.25) is 14.8 Å². The molecule has 3 aromatic rings. The second-order valence-corrected chi connectivity index (χ2v) is 4.52.